The van der Waals surface area contributed by atoms with E-state index in [0.717, 1.165) is 18.5 Å². The van der Waals surface area contributed by atoms with Crippen LogP contribution < -0.4 is 24.3 Å². The van der Waals surface area contributed by atoms with Crippen LogP contribution in [-0.2, 0) is 9.84 Å². The van der Waals surface area contributed by atoms with E-state index in [-0.39, 0.29) is 62.9 Å². The van der Waals surface area contributed by atoms with Crippen molar-refractivity contribution in [2.45, 2.75) is 25.2 Å². The molecule has 1 amide bonds. The van der Waals surface area contributed by atoms with E-state index in [9.17, 15) is 27.2 Å². The van der Waals surface area contributed by atoms with Crippen molar-refractivity contribution >= 4 is 44.6 Å². The second-order valence-corrected chi connectivity index (χ2v) is 10.2. The number of aromatic nitrogens is 1. The largest absolute Gasteiger partial charge is 0.447 e. The van der Waals surface area contributed by atoms with Gasteiger partial charge in [0.2, 0.25) is 18.1 Å². The number of halogens is 4. The van der Waals surface area contributed by atoms with Crippen molar-refractivity contribution in [1.29, 1.82) is 0 Å². The maximum Gasteiger partial charge on any atom is 0.387 e. The summed E-state index contributed by atoms with van der Waals surface area (Å²) in [5.41, 5.74) is -0.123. The lowest BCUT2D eigenvalue weighted by molar-refractivity contribution is -0.904. The number of rotatable bonds is 4. The van der Waals surface area contributed by atoms with Gasteiger partial charge in [-0.25, -0.2) is 8.42 Å². The molecule has 4 rings (SSSR count). The van der Waals surface area contributed by atoms with Crippen molar-refractivity contribution in [3.8, 4) is 17.2 Å². The lowest BCUT2D eigenvalue weighted by Crippen LogP contribution is -2.46. The number of ether oxygens (including phenoxy) is 3. The van der Waals surface area contributed by atoms with E-state index in [1.807, 2.05) is 0 Å². The van der Waals surface area contributed by atoms with Crippen LogP contribution in [0.15, 0.2) is 24.5 Å². The number of carbonyl (C=O) groups excluding carboxylic acids is 1. The molecule has 14 heteroatoms. The van der Waals surface area contributed by atoms with Crippen LogP contribution in [-0.4, -0.2) is 43.4 Å². The third kappa shape index (κ3) is 4.34. The fourth-order valence-corrected chi connectivity index (χ4v) is 5.36. The quantitative estimate of drug-likeness (QED) is 0.478. The van der Waals surface area contributed by atoms with Crippen LogP contribution in [0.25, 0.3) is 0 Å². The highest BCUT2D eigenvalue weighted by atomic mass is 35.5. The Morgan fingerprint density at radius 3 is 2.34 bits per heavy atom. The van der Waals surface area contributed by atoms with E-state index >= 15 is 0 Å². The van der Waals surface area contributed by atoms with E-state index in [2.05, 4.69) is 10.1 Å². The lowest BCUT2D eigenvalue weighted by Gasteiger charge is -2.31. The van der Waals surface area contributed by atoms with Crippen molar-refractivity contribution < 1.29 is 46.1 Å². The number of alkyl halides is 2. The molecule has 2 N–H and O–H groups in total. The van der Waals surface area contributed by atoms with E-state index in [1.165, 1.54) is 6.07 Å². The molecule has 0 unspecified atom stereocenters. The Morgan fingerprint density at radius 2 is 1.75 bits per heavy atom. The summed E-state index contributed by atoms with van der Waals surface area (Å²) in [5.74, 6) is -3.46. The summed E-state index contributed by atoms with van der Waals surface area (Å²) in [6.45, 7) is -3.17. The molecule has 0 saturated carbocycles. The monoisotopic (exact) mass is 511 g/mol. The van der Waals surface area contributed by atoms with Crippen molar-refractivity contribution in [3.05, 3.63) is 40.1 Å². The molecule has 0 aliphatic carbocycles. The molecule has 3 heterocycles. The summed E-state index contributed by atoms with van der Waals surface area (Å²) in [6.07, 6.45) is 2.05. The third-order valence-electron chi connectivity index (χ3n) is 4.91. The van der Waals surface area contributed by atoms with Crippen molar-refractivity contribution in [3.63, 3.8) is 0 Å². The normalized spacial score (nSPS) is 18.0. The summed E-state index contributed by atoms with van der Waals surface area (Å²) < 4.78 is 66.0. The minimum absolute atomic E-state index is 0.0114. The standard InChI is InChI=1S/C18H14Cl2F2N2O7S/c19-10-7-24(26)8-11(20)13(10)23-16(25)9-1-2-12(29-17(21)22)15-14(9)30-18(31-15)3-5-32(27,28)6-4-18/h1-2,7-8,17,26H,3-6H2/p+1. The van der Waals surface area contributed by atoms with Crippen LogP contribution in [0, 0.1) is 0 Å². The first-order valence-corrected chi connectivity index (χ1v) is 11.7. The second kappa shape index (κ2) is 8.09. The smallest absolute Gasteiger partial charge is 0.387 e. The van der Waals surface area contributed by atoms with E-state index in [1.54, 1.807) is 0 Å². The van der Waals surface area contributed by atoms with Crippen molar-refractivity contribution in [1.82, 2.24) is 0 Å². The molecule has 32 heavy (non-hydrogen) atoms. The molecule has 0 bridgehead atoms. The Labute approximate surface area is 190 Å². The van der Waals surface area contributed by atoms with E-state index in [4.69, 9.17) is 32.7 Å². The first-order chi connectivity index (χ1) is 15.0. The molecule has 1 saturated heterocycles. The van der Waals surface area contributed by atoms with Crippen LogP contribution in [0.3, 0.4) is 0 Å². The zero-order chi connectivity index (χ0) is 23.3. The van der Waals surface area contributed by atoms with Gasteiger partial charge in [-0.1, -0.05) is 23.2 Å². The van der Waals surface area contributed by atoms with Gasteiger partial charge in [-0.05, 0) is 12.1 Å². The van der Waals surface area contributed by atoms with Gasteiger partial charge in [0.1, 0.15) is 10.0 Å². The van der Waals surface area contributed by atoms with Crippen molar-refractivity contribution in [2.75, 3.05) is 16.8 Å². The number of hydrogen-bond donors (Lipinski definition) is 2. The maximum absolute atomic E-state index is 13.0. The summed E-state index contributed by atoms with van der Waals surface area (Å²) in [7, 11) is -3.29. The molecule has 0 radical (unpaired) electrons. The van der Waals surface area contributed by atoms with Gasteiger partial charge in [-0.15, -0.1) is 0 Å². The van der Waals surface area contributed by atoms with Gasteiger partial charge < -0.3 is 19.5 Å². The molecule has 0 atom stereocenters. The van der Waals surface area contributed by atoms with Gasteiger partial charge in [0.05, 0.1) is 22.8 Å². The number of nitrogens with zero attached hydrogens (tertiary/aromatic N) is 1. The number of sulfone groups is 1. The molecular weight excluding hydrogens is 497 g/mol. The fraction of sp³-hybridized carbons (Fsp3) is 0.333. The summed E-state index contributed by atoms with van der Waals surface area (Å²) >= 11 is 12.0. The highest BCUT2D eigenvalue weighted by molar-refractivity contribution is 7.91. The minimum atomic E-state index is -3.29. The molecule has 2 aromatic rings. The Morgan fingerprint density at radius 1 is 1.16 bits per heavy atom. The SMILES string of the molecule is O=C(Nc1c(Cl)c[n+](O)cc1Cl)c1ccc(OC(F)F)c2c1OC1(CCS(=O)(=O)CC1)O2. The third-order valence-corrected chi connectivity index (χ3v) is 7.13. The molecular formula is C18H15Cl2F2N2O7S+. The predicted molar refractivity (Wildman–Crippen MR) is 107 cm³/mol. The van der Waals surface area contributed by atoms with Gasteiger partial charge in [0.25, 0.3) is 11.7 Å². The molecule has 2 aliphatic heterocycles. The number of hydrogen-bond acceptors (Lipinski definition) is 7. The zero-order valence-corrected chi connectivity index (χ0v) is 18.3. The van der Waals surface area contributed by atoms with Gasteiger partial charge in [0.15, 0.2) is 21.3 Å². The number of carbonyl (C=O) groups is 1. The van der Waals surface area contributed by atoms with Crippen LogP contribution in [0.2, 0.25) is 10.0 Å². The first-order valence-electron chi connectivity index (χ1n) is 9.10. The summed E-state index contributed by atoms with van der Waals surface area (Å²) in [6, 6.07) is 2.29. The van der Waals surface area contributed by atoms with Gasteiger partial charge >= 0.3 is 6.61 Å². The Bertz CT molecular complexity index is 1170. The average Bonchev–Trinajstić information content (AvgIpc) is 3.07. The predicted octanol–water partition coefficient (Wildman–Crippen LogP) is 3.05. The zero-order valence-electron chi connectivity index (χ0n) is 16.0. The van der Waals surface area contributed by atoms with Crippen LogP contribution in [0.1, 0.15) is 23.2 Å². The van der Waals surface area contributed by atoms with Crippen LogP contribution >= 0.6 is 23.2 Å². The van der Waals surface area contributed by atoms with E-state index in [0.29, 0.717) is 4.73 Å². The Balaban J connectivity index is 1.70. The molecule has 1 fully saturated rings. The highest BCUT2D eigenvalue weighted by Crippen LogP contribution is 2.51. The Hall–Kier alpha value is -2.57. The first kappa shape index (κ1) is 22.6. The van der Waals surface area contributed by atoms with Crippen LogP contribution in [0.5, 0.6) is 17.2 Å². The maximum atomic E-state index is 13.0. The Kier molecular flexibility index (Phi) is 5.72. The van der Waals surface area contributed by atoms with E-state index < -0.39 is 28.1 Å². The van der Waals surface area contributed by atoms with Gasteiger partial charge in [-0.2, -0.15) is 8.78 Å². The molecule has 9 nitrogen and oxygen atoms in total. The highest BCUT2D eigenvalue weighted by Gasteiger charge is 2.49. The molecule has 1 spiro atoms. The number of nitrogens with one attached hydrogen (secondary N) is 1. The topological polar surface area (TPSA) is 115 Å². The minimum Gasteiger partial charge on any atom is -0.447 e. The number of fused-ring (bicyclic) bond motifs is 1. The number of anilines is 1. The average molecular weight is 512 g/mol. The number of amides is 1. The number of benzene rings is 1. The molecule has 172 valence electrons. The summed E-state index contributed by atoms with van der Waals surface area (Å²) in [5, 5.41) is 11.8. The van der Waals surface area contributed by atoms with Crippen molar-refractivity contribution in [2.24, 2.45) is 0 Å². The number of pyridine rings is 1. The molecule has 2 aliphatic rings. The van der Waals surface area contributed by atoms with Gasteiger partial charge in [0, 0.05) is 17.6 Å². The lowest BCUT2D eigenvalue weighted by atomic mass is 10.1. The van der Waals surface area contributed by atoms with Crippen LogP contribution in [0.4, 0.5) is 14.5 Å². The molecule has 1 aromatic carbocycles. The van der Waals surface area contributed by atoms with Gasteiger partial charge in [-0.3, -0.25) is 10.0 Å². The molecule has 1 aromatic heterocycles. The summed E-state index contributed by atoms with van der Waals surface area (Å²) in [4.78, 5) is 13.0. The fourth-order valence-electron chi connectivity index (χ4n) is 3.37. The second-order valence-electron chi connectivity index (χ2n) is 7.08.